The average molecular weight is 404 g/mol. The Morgan fingerprint density at radius 3 is 2.72 bits per heavy atom. The van der Waals surface area contributed by atoms with Crippen LogP contribution >= 0.6 is 15.9 Å². The average Bonchev–Trinajstić information content (AvgIpc) is 2.65. The van der Waals surface area contributed by atoms with Gasteiger partial charge < -0.3 is 19.9 Å². The minimum atomic E-state index is -0.586. The Labute approximate surface area is 156 Å². The van der Waals surface area contributed by atoms with Gasteiger partial charge in [-0.2, -0.15) is 0 Å². The van der Waals surface area contributed by atoms with Gasteiger partial charge in [0, 0.05) is 22.6 Å². The van der Waals surface area contributed by atoms with Crippen molar-refractivity contribution in [2.45, 2.75) is 19.1 Å². The fourth-order valence-electron chi connectivity index (χ4n) is 2.79. The van der Waals surface area contributed by atoms with Crippen LogP contribution < -0.4 is 14.8 Å². The molecule has 0 unspecified atom stereocenters. The number of aliphatic hydroxyl groups excluding tert-OH is 1. The van der Waals surface area contributed by atoms with Gasteiger partial charge in [-0.05, 0) is 54.5 Å². The van der Waals surface area contributed by atoms with E-state index in [-0.39, 0.29) is 6.04 Å². The maximum atomic E-state index is 10.5. The summed E-state index contributed by atoms with van der Waals surface area (Å²) >= 11 is 3.49. The molecule has 0 spiro atoms. The van der Waals surface area contributed by atoms with Gasteiger partial charge in [-0.15, -0.1) is 0 Å². The number of hydrogen-bond acceptors (Lipinski definition) is 4. The van der Waals surface area contributed by atoms with Gasteiger partial charge in [0.25, 0.3) is 0 Å². The smallest absolute Gasteiger partial charge is 0.127 e. The second kappa shape index (κ2) is 8.04. The molecule has 2 aromatic rings. The molecule has 4 nitrogen and oxygen atoms in total. The van der Waals surface area contributed by atoms with Crippen LogP contribution in [-0.4, -0.2) is 31.4 Å². The van der Waals surface area contributed by atoms with Crippen molar-refractivity contribution in [1.82, 2.24) is 5.32 Å². The molecular weight excluding hydrogens is 382 g/mol. The van der Waals surface area contributed by atoms with Crippen LogP contribution in [0.1, 0.15) is 24.2 Å². The molecular formula is C20H22BrNO3. The molecule has 5 heteroatoms. The lowest BCUT2D eigenvalue weighted by atomic mass is 10.0. The number of nitrogens with one attached hydrogen (secondary N) is 1. The first-order valence-corrected chi connectivity index (χ1v) is 9.03. The first-order chi connectivity index (χ1) is 12.1. The highest BCUT2D eigenvalue weighted by molar-refractivity contribution is 9.10. The second-order valence-electron chi connectivity index (χ2n) is 6.16. The third-order valence-electron chi connectivity index (χ3n) is 4.33. The summed E-state index contributed by atoms with van der Waals surface area (Å²) in [5.41, 5.74) is 3.09. The predicted molar refractivity (Wildman–Crippen MR) is 103 cm³/mol. The fraction of sp³-hybridized carbons (Fsp3) is 0.300. The molecule has 2 N–H and O–H groups in total. The molecule has 1 aliphatic rings. The van der Waals surface area contributed by atoms with E-state index in [0.717, 1.165) is 32.7 Å². The Balaban J connectivity index is 1.60. The van der Waals surface area contributed by atoms with E-state index >= 15 is 0 Å². The van der Waals surface area contributed by atoms with Crippen molar-refractivity contribution in [3.63, 3.8) is 0 Å². The van der Waals surface area contributed by atoms with Crippen molar-refractivity contribution >= 4 is 22.0 Å². The van der Waals surface area contributed by atoms with Gasteiger partial charge in [0.15, 0.2) is 0 Å². The number of ether oxygens (including phenoxy) is 2. The molecule has 0 saturated carbocycles. The zero-order valence-corrected chi connectivity index (χ0v) is 15.9. The van der Waals surface area contributed by atoms with E-state index in [1.807, 2.05) is 49.4 Å². The third-order valence-corrected chi connectivity index (χ3v) is 4.82. The number of benzene rings is 2. The summed E-state index contributed by atoms with van der Waals surface area (Å²) in [6.07, 6.45) is 1.56. The molecule has 0 amide bonds. The predicted octanol–water partition coefficient (Wildman–Crippen LogP) is 3.95. The molecule has 132 valence electrons. The lowest BCUT2D eigenvalue weighted by Gasteiger charge is -2.23. The maximum absolute atomic E-state index is 10.5. The first-order valence-electron chi connectivity index (χ1n) is 8.24. The summed E-state index contributed by atoms with van der Waals surface area (Å²) in [7, 11) is 1.63. The van der Waals surface area contributed by atoms with Gasteiger partial charge >= 0.3 is 0 Å². The van der Waals surface area contributed by atoms with Crippen molar-refractivity contribution in [2.24, 2.45) is 0 Å². The van der Waals surface area contributed by atoms with Crippen LogP contribution in [0, 0.1) is 0 Å². The molecule has 0 aromatic heterocycles. The van der Waals surface area contributed by atoms with Gasteiger partial charge in [0.2, 0.25) is 0 Å². The number of aliphatic hydroxyl groups is 1. The van der Waals surface area contributed by atoms with Gasteiger partial charge in [-0.3, -0.25) is 0 Å². The molecule has 3 rings (SSSR count). The third kappa shape index (κ3) is 4.42. The molecule has 25 heavy (non-hydrogen) atoms. The van der Waals surface area contributed by atoms with Crippen molar-refractivity contribution in [3.05, 3.63) is 63.6 Å². The Morgan fingerprint density at radius 1 is 1.24 bits per heavy atom. The zero-order chi connectivity index (χ0) is 17.8. The van der Waals surface area contributed by atoms with E-state index in [1.54, 1.807) is 7.11 Å². The molecule has 0 radical (unpaired) electrons. The SMILES string of the molecule is COc1ccc([C@H](O)[C@@H](C)NCC2=Cc3cc(Br)ccc3OC2)cc1. The van der Waals surface area contributed by atoms with E-state index < -0.39 is 6.10 Å². The van der Waals surface area contributed by atoms with Crippen LogP contribution in [0.3, 0.4) is 0 Å². The van der Waals surface area contributed by atoms with Crippen LogP contribution in [0.5, 0.6) is 11.5 Å². The van der Waals surface area contributed by atoms with Gasteiger partial charge in [-0.25, -0.2) is 0 Å². The minimum absolute atomic E-state index is 0.0850. The molecule has 1 aliphatic heterocycles. The number of halogens is 1. The molecule has 0 saturated heterocycles. The fourth-order valence-corrected chi connectivity index (χ4v) is 3.17. The summed E-state index contributed by atoms with van der Waals surface area (Å²) in [6, 6.07) is 13.4. The monoisotopic (exact) mass is 403 g/mol. The Bertz CT molecular complexity index is 758. The Hall–Kier alpha value is -1.82. The van der Waals surface area contributed by atoms with E-state index in [1.165, 1.54) is 0 Å². The zero-order valence-electron chi connectivity index (χ0n) is 14.3. The van der Waals surface area contributed by atoms with Crippen LogP contribution in [0.2, 0.25) is 0 Å². The molecule has 2 atom stereocenters. The van der Waals surface area contributed by atoms with Crippen LogP contribution in [0.15, 0.2) is 52.5 Å². The maximum Gasteiger partial charge on any atom is 0.127 e. The number of fused-ring (bicyclic) bond motifs is 1. The van der Waals surface area contributed by atoms with Crippen LogP contribution in [0.4, 0.5) is 0 Å². The quantitative estimate of drug-likeness (QED) is 0.766. The summed E-state index contributed by atoms with van der Waals surface area (Å²) in [5.74, 6) is 1.68. The summed E-state index contributed by atoms with van der Waals surface area (Å²) in [5, 5.41) is 13.9. The molecule has 0 aliphatic carbocycles. The molecule has 0 fully saturated rings. The van der Waals surface area contributed by atoms with Crippen LogP contribution in [0.25, 0.3) is 6.08 Å². The van der Waals surface area contributed by atoms with E-state index in [9.17, 15) is 5.11 Å². The van der Waals surface area contributed by atoms with Crippen molar-refractivity contribution in [2.75, 3.05) is 20.3 Å². The van der Waals surface area contributed by atoms with Crippen molar-refractivity contribution < 1.29 is 14.6 Å². The molecule has 1 heterocycles. The standard InChI is InChI=1S/C20H22BrNO3/c1-13(20(23)15-3-6-18(24-2)7-4-15)22-11-14-9-16-10-17(21)5-8-19(16)25-12-14/h3-10,13,20,22-23H,11-12H2,1-2H3/t13-,20-/m1/s1. The Morgan fingerprint density at radius 2 is 2.00 bits per heavy atom. The van der Waals surface area contributed by atoms with Crippen LogP contribution in [-0.2, 0) is 0 Å². The summed E-state index contributed by atoms with van der Waals surface area (Å²) in [6.45, 7) is 3.21. The minimum Gasteiger partial charge on any atom is -0.497 e. The van der Waals surface area contributed by atoms with E-state index in [4.69, 9.17) is 9.47 Å². The first kappa shape index (κ1) is 18.0. The van der Waals surface area contributed by atoms with Gasteiger partial charge in [-0.1, -0.05) is 28.1 Å². The normalized spacial score (nSPS) is 15.6. The van der Waals surface area contributed by atoms with Gasteiger partial charge in [0.1, 0.15) is 18.1 Å². The topological polar surface area (TPSA) is 50.7 Å². The van der Waals surface area contributed by atoms with E-state index in [2.05, 4.69) is 27.3 Å². The second-order valence-corrected chi connectivity index (χ2v) is 7.08. The van der Waals surface area contributed by atoms with Crippen molar-refractivity contribution in [1.29, 1.82) is 0 Å². The number of methoxy groups -OCH3 is 1. The molecule has 2 aromatic carbocycles. The lowest BCUT2D eigenvalue weighted by molar-refractivity contribution is 0.137. The number of rotatable bonds is 6. The lowest BCUT2D eigenvalue weighted by Crippen LogP contribution is -2.34. The highest BCUT2D eigenvalue weighted by atomic mass is 79.9. The number of hydrogen-bond donors (Lipinski definition) is 2. The van der Waals surface area contributed by atoms with Gasteiger partial charge in [0.05, 0.1) is 13.2 Å². The summed E-state index contributed by atoms with van der Waals surface area (Å²) in [4.78, 5) is 0. The van der Waals surface area contributed by atoms with Crippen molar-refractivity contribution in [3.8, 4) is 11.5 Å². The molecule has 0 bridgehead atoms. The Kier molecular flexibility index (Phi) is 5.78. The highest BCUT2D eigenvalue weighted by Crippen LogP contribution is 2.29. The highest BCUT2D eigenvalue weighted by Gasteiger charge is 2.18. The summed E-state index contributed by atoms with van der Waals surface area (Å²) < 4.78 is 12.0. The van der Waals surface area contributed by atoms with E-state index in [0.29, 0.717) is 13.2 Å². The largest absolute Gasteiger partial charge is 0.497 e.